The number of amides is 3. The molecule has 11 nitrogen and oxygen atoms in total. The molecule has 13 heteroatoms. The van der Waals surface area contributed by atoms with Crippen LogP contribution in [0.5, 0.6) is 5.75 Å². The number of halogens is 1. The van der Waals surface area contributed by atoms with Crippen LogP contribution in [0.1, 0.15) is 70.6 Å². The van der Waals surface area contributed by atoms with E-state index >= 15 is 0 Å². The van der Waals surface area contributed by atoms with Crippen LogP contribution in [0.25, 0.3) is 10.4 Å². The van der Waals surface area contributed by atoms with Gasteiger partial charge in [0.25, 0.3) is 5.91 Å². The second-order valence-corrected chi connectivity index (χ2v) is 14.1. The van der Waals surface area contributed by atoms with Crippen molar-refractivity contribution in [2.75, 3.05) is 13.2 Å². The molecule has 3 heterocycles. The van der Waals surface area contributed by atoms with Crippen molar-refractivity contribution in [2.45, 2.75) is 103 Å². The SMILES string of the molecule is Cc1ncsc1-c1ccc(CNC(=O)[C@@H]2C[C@@H](O)CN2C(=O)[C@@H](NC(=O)C2(F)CC2)C(C)(C)C)c(OCCCCC2OC=CO2)c1. The molecule has 0 radical (unpaired) electrons. The number of nitrogens with one attached hydrogen (secondary N) is 2. The van der Waals surface area contributed by atoms with E-state index in [1.165, 1.54) is 28.8 Å². The summed E-state index contributed by atoms with van der Waals surface area (Å²) in [7, 11) is 0. The minimum absolute atomic E-state index is 0.0479. The fraction of sp³-hybridized carbons (Fsp3) is 0.576. The summed E-state index contributed by atoms with van der Waals surface area (Å²) in [5.41, 5.74) is 1.70. The minimum atomic E-state index is -1.95. The van der Waals surface area contributed by atoms with Gasteiger partial charge >= 0.3 is 0 Å². The average Bonchev–Trinajstić information content (AvgIpc) is 3.37. The van der Waals surface area contributed by atoms with Gasteiger partial charge in [-0.25, -0.2) is 9.37 Å². The zero-order valence-electron chi connectivity index (χ0n) is 26.7. The van der Waals surface area contributed by atoms with Crippen molar-refractivity contribution in [3.63, 3.8) is 0 Å². The summed E-state index contributed by atoms with van der Waals surface area (Å²) in [4.78, 5) is 46.5. The Bertz CT molecular complexity index is 1450. The van der Waals surface area contributed by atoms with Crippen LogP contribution in [0.4, 0.5) is 4.39 Å². The quantitative estimate of drug-likeness (QED) is 0.273. The van der Waals surface area contributed by atoms with Crippen LogP contribution in [-0.4, -0.2) is 76.0 Å². The molecular weight excluding hydrogens is 615 g/mol. The summed E-state index contributed by atoms with van der Waals surface area (Å²) in [5, 5.41) is 16.0. The number of thiazole rings is 1. The second kappa shape index (κ2) is 14.0. The summed E-state index contributed by atoms with van der Waals surface area (Å²) in [6, 6.07) is 3.78. The number of aliphatic hydroxyl groups excluding tert-OH is 1. The first-order chi connectivity index (χ1) is 21.9. The van der Waals surface area contributed by atoms with E-state index in [2.05, 4.69) is 15.6 Å². The van der Waals surface area contributed by atoms with Gasteiger partial charge in [-0.15, -0.1) is 11.3 Å². The van der Waals surface area contributed by atoms with Crippen LogP contribution in [-0.2, 0) is 30.4 Å². The van der Waals surface area contributed by atoms with Gasteiger partial charge in [0.2, 0.25) is 18.1 Å². The number of ether oxygens (including phenoxy) is 3. The monoisotopic (exact) mass is 658 g/mol. The van der Waals surface area contributed by atoms with Gasteiger partial charge in [-0.05, 0) is 49.7 Å². The predicted octanol–water partition coefficient (Wildman–Crippen LogP) is 4.12. The van der Waals surface area contributed by atoms with Crippen LogP contribution in [0.15, 0.2) is 36.2 Å². The van der Waals surface area contributed by atoms with Gasteiger partial charge in [-0.1, -0.05) is 32.9 Å². The molecule has 0 bridgehead atoms. The minimum Gasteiger partial charge on any atom is -0.493 e. The lowest BCUT2D eigenvalue weighted by atomic mass is 9.85. The summed E-state index contributed by atoms with van der Waals surface area (Å²) < 4.78 is 31.4. The van der Waals surface area contributed by atoms with Gasteiger partial charge in [-0.3, -0.25) is 14.4 Å². The van der Waals surface area contributed by atoms with Gasteiger partial charge in [0.05, 0.1) is 28.8 Å². The lowest BCUT2D eigenvalue weighted by molar-refractivity contribution is -0.145. The summed E-state index contributed by atoms with van der Waals surface area (Å²) >= 11 is 1.54. The van der Waals surface area contributed by atoms with Crippen molar-refractivity contribution < 1.29 is 38.1 Å². The van der Waals surface area contributed by atoms with E-state index in [1.54, 1.807) is 26.3 Å². The van der Waals surface area contributed by atoms with E-state index < -0.39 is 47.0 Å². The summed E-state index contributed by atoms with van der Waals surface area (Å²) in [5.74, 6) is -1.16. The average molecular weight is 659 g/mol. The smallest absolute Gasteiger partial charge is 0.258 e. The Hall–Kier alpha value is -3.71. The van der Waals surface area contributed by atoms with Gasteiger partial charge in [-0.2, -0.15) is 0 Å². The van der Waals surface area contributed by atoms with E-state index in [0.717, 1.165) is 41.0 Å². The number of unbranched alkanes of at least 4 members (excludes halogenated alkanes) is 1. The normalized spacial score (nSPS) is 21.0. The van der Waals surface area contributed by atoms with Crippen molar-refractivity contribution in [1.29, 1.82) is 0 Å². The van der Waals surface area contributed by atoms with Gasteiger partial charge in [0.15, 0.2) is 5.67 Å². The molecule has 46 heavy (non-hydrogen) atoms. The highest BCUT2D eigenvalue weighted by molar-refractivity contribution is 7.13. The Morgan fingerprint density at radius 1 is 1.22 bits per heavy atom. The zero-order valence-corrected chi connectivity index (χ0v) is 27.5. The van der Waals surface area contributed by atoms with Crippen LogP contribution in [0.2, 0.25) is 0 Å². The molecule has 0 spiro atoms. The lowest BCUT2D eigenvalue weighted by Crippen LogP contribution is -2.59. The fourth-order valence-electron chi connectivity index (χ4n) is 5.58. The molecule has 5 rings (SSSR count). The molecule has 1 aliphatic carbocycles. The van der Waals surface area contributed by atoms with E-state index in [-0.39, 0.29) is 38.6 Å². The van der Waals surface area contributed by atoms with Crippen molar-refractivity contribution in [3.05, 3.63) is 47.5 Å². The van der Waals surface area contributed by atoms with Crippen LogP contribution < -0.4 is 15.4 Å². The molecule has 3 N–H and O–H groups in total. The van der Waals surface area contributed by atoms with E-state index in [0.29, 0.717) is 12.4 Å². The summed E-state index contributed by atoms with van der Waals surface area (Å²) in [6.07, 6.45) is 4.52. The molecule has 1 saturated carbocycles. The first-order valence-corrected chi connectivity index (χ1v) is 16.6. The van der Waals surface area contributed by atoms with Crippen LogP contribution in [0, 0.1) is 12.3 Å². The molecule has 1 saturated heterocycles. The highest BCUT2D eigenvalue weighted by atomic mass is 32.1. The maximum Gasteiger partial charge on any atom is 0.258 e. The topological polar surface area (TPSA) is 139 Å². The number of hydrogen-bond acceptors (Lipinski definition) is 9. The number of aliphatic hydroxyl groups is 1. The number of carbonyl (C=O) groups excluding carboxylic acids is 3. The van der Waals surface area contributed by atoms with Crippen molar-refractivity contribution in [3.8, 4) is 16.2 Å². The molecule has 2 aliphatic heterocycles. The largest absolute Gasteiger partial charge is 0.493 e. The molecule has 2 fully saturated rings. The number of aromatic nitrogens is 1. The number of aryl methyl sites for hydroxylation is 1. The first kappa shape index (κ1) is 33.6. The number of hydrogen-bond donors (Lipinski definition) is 3. The molecule has 1 aromatic carbocycles. The number of nitrogens with zero attached hydrogens (tertiary/aromatic N) is 2. The standard InChI is InChI=1S/C33H43FN4O7S/c1-20-27(46-19-36-20)21-8-9-22(25(15-21)43-12-6-5-7-26-44-13-14-45-26)17-35-29(40)24-16-23(39)18-38(24)30(41)28(32(2,3)4)37-31(42)33(34)10-11-33/h8-9,13-15,19,23-24,26,28,39H,5-7,10-12,16-18H2,1-4H3,(H,35,40)(H,37,42)/t23-,24+,28-/m1/s1. The van der Waals surface area contributed by atoms with E-state index in [4.69, 9.17) is 14.2 Å². The Labute approximate surface area is 272 Å². The van der Waals surface area contributed by atoms with E-state index in [9.17, 15) is 23.9 Å². The number of β-amino-alcohol motifs (C(OH)–C–C–N with tert-alkyl or cyclic N) is 1. The number of likely N-dealkylation sites (tertiary alicyclic amines) is 1. The maximum atomic E-state index is 14.5. The second-order valence-electron chi connectivity index (χ2n) is 13.3. The highest BCUT2D eigenvalue weighted by Crippen LogP contribution is 2.40. The Kier molecular flexibility index (Phi) is 10.2. The Morgan fingerprint density at radius 3 is 2.61 bits per heavy atom. The van der Waals surface area contributed by atoms with Gasteiger partial charge in [0.1, 0.15) is 30.4 Å². The number of benzene rings is 1. The molecule has 3 atom stereocenters. The van der Waals surface area contributed by atoms with Gasteiger partial charge < -0.3 is 34.9 Å². The lowest BCUT2D eigenvalue weighted by Gasteiger charge is -2.35. The predicted molar refractivity (Wildman–Crippen MR) is 169 cm³/mol. The van der Waals surface area contributed by atoms with Crippen LogP contribution >= 0.6 is 11.3 Å². The highest BCUT2D eigenvalue weighted by Gasteiger charge is 2.53. The molecule has 250 valence electrons. The fourth-order valence-corrected chi connectivity index (χ4v) is 6.38. The molecule has 3 aliphatic rings. The van der Waals surface area contributed by atoms with Gasteiger partial charge in [0, 0.05) is 31.5 Å². The Morgan fingerprint density at radius 2 is 1.96 bits per heavy atom. The number of carbonyl (C=O) groups is 3. The third kappa shape index (κ3) is 7.98. The summed E-state index contributed by atoms with van der Waals surface area (Å²) in [6.45, 7) is 7.76. The maximum absolute atomic E-state index is 14.5. The van der Waals surface area contributed by atoms with Crippen molar-refractivity contribution in [2.24, 2.45) is 5.41 Å². The van der Waals surface area contributed by atoms with Crippen molar-refractivity contribution >= 4 is 29.1 Å². The molecule has 0 unspecified atom stereocenters. The number of alkyl halides is 1. The zero-order chi connectivity index (χ0) is 33.1. The third-order valence-corrected chi connectivity index (χ3v) is 9.46. The van der Waals surface area contributed by atoms with E-state index in [1.807, 2.05) is 25.1 Å². The van der Waals surface area contributed by atoms with Crippen molar-refractivity contribution in [1.82, 2.24) is 20.5 Å². The van der Waals surface area contributed by atoms with Crippen LogP contribution in [0.3, 0.4) is 0 Å². The Balaban J connectivity index is 1.25. The molecule has 3 amide bonds. The molecule has 2 aromatic rings. The molecular formula is C33H43FN4O7S. The third-order valence-electron chi connectivity index (χ3n) is 8.48. The molecule has 1 aromatic heterocycles. The first-order valence-electron chi connectivity index (χ1n) is 15.7. The number of rotatable bonds is 13.